The molecular formula is C14H22BrNO2. The maximum atomic E-state index is 5.65. The van der Waals surface area contributed by atoms with Crippen LogP contribution in [0.4, 0.5) is 0 Å². The van der Waals surface area contributed by atoms with Gasteiger partial charge in [0.2, 0.25) is 0 Å². The van der Waals surface area contributed by atoms with Crippen molar-refractivity contribution in [2.24, 2.45) is 0 Å². The summed E-state index contributed by atoms with van der Waals surface area (Å²) in [5.74, 6) is 0.895. The van der Waals surface area contributed by atoms with Crippen LogP contribution in [0.3, 0.4) is 0 Å². The van der Waals surface area contributed by atoms with Gasteiger partial charge < -0.3 is 14.8 Å². The maximum Gasteiger partial charge on any atom is 0.119 e. The Balaban J connectivity index is 2.40. The fourth-order valence-corrected chi connectivity index (χ4v) is 1.89. The molecule has 0 saturated heterocycles. The molecule has 0 fully saturated rings. The molecule has 1 N–H and O–H groups in total. The minimum atomic E-state index is 0.599. The smallest absolute Gasteiger partial charge is 0.119 e. The molecule has 0 aromatic heterocycles. The number of halogens is 1. The summed E-state index contributed by atoms with van der Waals surface area (Å²) in [5, 5.41) is 3.31. The summed E-state index contributed by atoms with van der Waals surface area (Å²) in [6.07, 6.45) is 1.05. The lowest BCUT2D eigenvalue weighted by atomic mass is 10.2. The molecule has 3 nitrogen and oxygen atoms in total. The fraction of sp³-hybridized carbons (Fsp3) is 0.571. The van der Waals surface area contributed by atoms with E-state index in [-0.39, 0.29) is 0 Å². The second-order valence-electron chi connectivity index (χ2n) is 3.99. The van der Waals surface area contributed by atoms with Gasteiger partial charge in [-0.05, 0) is 36.7 Å². The van der Waals surface area contributed by atoms with E-state index in [1.807, 2.05) is 12.1 Å². The minimum Gasteiger partial charge on any atom is -0.491 e. The summed E-state index contributed by atoms with van der Waals surface area (Å²) >= 11 is 3.54. The van der Waals surface area contributed by atoms with Crippen LogP contribution in [0.5, 0.6) is 5.75 Å². The van der Waals surface area contributed by atoms with E-state index in [0.29, 0.717) is 13.2 Å². The topological polar surface area (TPSA) is 30.5 Å². The van der Waals surface area contributed by atoms with Gasteiger partial charge in [0.25, 0.3) is 0 Å². The fourth-order valence-electron chi connectivity index (χ4n) is 1.50. The van der Waals surface area contributed by atoms with E-state index >= 15 is 0 Å². The van der Waals surface area contributed by atoms with E-state index in [4.69, 9.17) is 9.47 Å². The highest BCUT2D eigenvalue weighted by atomic mass is 79.9. The third-order valence-electron chi connectivity index (χ3n) is 2.43. The summed E-state index contributed by atoms with van der Waals surface area (Å²) in [4.78, 5) is 0. The van der Waals surface area contributed by atoms with Gasteiger partial charge in [-0.2, -0.15) is 0 Å². The Kier molecular flexibility index (Phi) is 8.05. The molecule has 0 aliphatic carbocycles. The Morgan fingerprint density at radius 1 is 1.17 bits per heavy atom. The van der Waals surface area contributed by atoms with Crippen LogP contribution in [0, 0.1) is 0 Å². The number of benzene rings is 1. The van der Waals surface area contributed by atoms with Gasteiger partial charge in [0.1, 0.15) is 12.4 Å². The molecule has 1 rings (SSSR count). The number of rotatable bonds is 9. The first-order valence-corrected chi connectivity index (χ1v) is 7.27. The molecule has 4 heteroatoms. The second kappa shape index (κ2) is 9.36. The van der Waals surface area contributed by atoms with Crippen molar-refractivity contribution >= 4 is 15.9 Å². The Hall–Kier alpha value is -0.580. The lowest BCUT2D eigenvalue weighted by Crippen LogP contribution is -2.12. The first-order chi connectivity index (χ1) is 8.77. The zero-order valence-corrected chi connectivity index (χ0v) is 12.8. The lowest BCUT2D eigenvalue weighted by Gasteiger charge is -2.10. The van der Waals surface area contributed by atoms with Crippen molar-refractivity contribution in [3.05, 3.63) is 28.2 Å². The van der Waals surface area contributed by atoms with Crippen LogP contribution in [0.1, 0.15) is 25.8 Å². The van der Waals surface area contributed by atoms with Gasteiger partial charge in [-0.1, -0.05) is 29.8 Å². The molecule has 18 heavy (non-hydrogen) atoms. The molecule has 1 aromatic carbocycles. The maximum absolute atomic E-state index is 5.65. The molecule has 0 aliphatic rings. The molecule has 0 saturated carbocycles. The van der Waals surface area contributed by atoms with Crippen molar-refractivity contribution in [3.8, 4) is 5.75 Å². The van der Waals surface area contributed by atoms with Gasteiger partial charge in [-0.3, -0.25) is 0 Å². The number of ether oxygens (including phenoxy) is 2. The van der Waals surface area contributed by atoms with Crippen molar-refractivity contribution < 1.29 is 9.47 Å². The highest BCUT2D eigenvalue weighted by Gasteiger charge is 2.02. The summed E-state index contributed by atoms with van der Waals surface area (Å²) in [7, 11) is 0. The normalized spacial score (nSPS) is 10.6. The van der Waals surface area contributed by atoms with Crippen LogP contribution >= 0.6 is 15.9 Å². The summed E-state index contributed by atoms with van der Waals surface area (Å²) in [6.45, 7) is 8.05. The predicted octanol–water partition coefficient (Wildman–Crippen LogP) is 3.36. The van der Waals surface area contributed by atoms with Crippen molar-refractivity contribution in [2.75, 3.05) is 26.4 Å². The van der Waals surface area contributed by atoms with Gasteiger partial charge >= 0.3 is 0 Å². The summed E-state index contributed by atoms with van der Waals surface area (Å²) in [6, 6.07) is 6.06. The Morgan fingerprint density at radius 3 is 2.72 bits per heavy atom. The quantitative estimate of drug-likeness (QED) is 0.709. The van der Waals surface area contributed by atoms with Crippen LogP contribution in [0.25, 0.3) is 0 Å². The third kappa shape index (κ3) is 5.85. The number of nitrogens with one attached hydrogen (secondary N) is 1. The van der Waals surface area contributed by atoms with Crippen LogP contribution in [0.2, 0.25) is 0 Å². The van der Waals surface area contributed by atoms with Crippen LogP contribution < -0.4 is 10.1 Å². The SMILES string of the molecule is CCCOCCOc1ccc(Br)c(CNCC)c1. The van der Waals surface area contributed by atoms with Crippen LogP contribution in [-0.4, -0.2) is 26.4 Å². The van der Waals surface area contributed by atoms with Crippen molar-refractivity contribution in [2.45, 2.75) is 26.8 Å². The molecule has 0 bridgehead atoms. The van der Waals surface area contributed by atoms with Crippen molar-refractivity contribution in [1.29, 1.82) is 0 Å². The molecular weight excluding hydrogens is 294 g/mol. The molecule has 0 atom stereocenters. The molecule has 0 unspecified atom stereocenters. The molecule has 0 heterocycles. The Morgan fingerprint density at radius 2 is 2.00 bits per heavy atom. The molecule has 0 radical (unpaired) electrons. The standard InChI is InChI=1S/C14H22BrNO2/c1-3-7-17-8-9-18-13-5-6-14(15)12(10-13)11-16-4-2/h5-6,10,16H,3-4,7-9,11H2,1-2H3. The number of hydrogen-bond acceptors (Lipinski definition) is 3. The Bertz CT molecular complexity index is 345. The van der Waals surface area contributed by atoms with Gasteiger partial charge in [0, 0.05) is 17.6 Å². The minimum absolute atomic E-state index is 0.599. The lowest BCUT2D eigenvalue weighted by molar-refractivity contribution is 0.101. The zero-order chi connectivity index (χ0) is 13.2. The average Bonchev–Trinajstić information content (AvgIpc) is 2.39. The highest BCUT2D eigenvalue weighted by molar-refractivity contribution is 9.10. The summed E-state index contributed by atoms with van der Waals surface area (Å²) < 4.78 is 12.1. The van der Waals surface area contributed by atoms with Gasteiger partial charge in [-0.15, -0.1) is 0 Å². The van der Waals surface area contributed by atoms with Gasteiger partial charge in [0.15, 0.2) is 0 Å². The van der Waals surface area contributed by atoms with E-state index in [1.165, 1.54) is 5.56 Å². The third-order valence-corrected chi connectivity index (χ3v) is 3.20. The average molecular weight is 316 g/mol. The molecule has 0 amide bonds. The second-order valence-corrected chi connectivity index (χ2v) is 4.85. The summed E-state index contributed by atoms with van der Waals surface area (Å²) in [5.41, 5.74) is 1.21. The molecule has 102 valence electrons. The number of hydrogen-bond donors (Lipinski definition) is 1. The van der Waals surface area contributed by atoms with Crippen molar-refractivity contribution in [3.63, 3.8) is 0 Å². The predicted molar refractivity (Wildman–Crippen MR) is 78.1 cm³/mol. The van der Waals surface area contributed by atoms with E-state index in [1.54, 1.807) is 0 Å². The van der Waals surface area contributed by atoms with Gasteiger partial charge in [0.05, 0.1) is 6.61 Å². The zero-order valence-electron chi connectivity index (χ0n) is 11.2. The Labute approximate surface area is 118 Å². The monoisotopic (exact) mass is 315 g/mol. The van der Waals surface area contributed by atoms with Gasteiger partial charge in [-0.25, -0.2) is 0 Å². The molecule has 0 spiro atoms. The van der Waals surface area contributed by atoms with Crippen molar-refractivity contribution in [1.82, 2.24) is 5.32 Å². The highest BCUT2D eigenvalue weighted by Crippen LogP contribution is 2.22. The van der Waals surface area contributed by atoms with E-state index in [9.17, 15) is 0 Å². The molecule has 0 aliphatic heterocycles. The van der Waals surface area contributed by atoms with E-state index < -0.39 is 0 Å². The first-order valence-electron chi connectivity index (χ1n) is 6.47. The molecule has 1 aromatic rings. The first kappa shape index (κ1) is 15.5. The van der Waals surface area contributed by atoms with E-state index in [0.717, 1.165) is 36.3 Å². The van der Waals surface area contributed by atoms with Crippen LogP contribution in [0.15, 0.2) is 22.7 Å². The van der Waals surface area contributed by atoms with Crippen LogP contribution in [-0.2, 0) is 11.3 Å². The largest absolute Gasteiger partial charge is 0.491 e. The van der Waals surface area contributed by atoms with E-state index in [2.05, 4.69) is 41.2 Å².